The molecular formula is C21H25FN2O4S. The smallest absolute Gasteiger partial charge is 0.254 e. The molecule has 2 aromatic carbocycles. The van der Waals surface area contributed by atoms with E-state index in [-0.39, 0.29) is 29.6 Å². The second kappa shape index (κ2) is 8.61. The van der Waals surface area contributed by atoms with E-state index in [9.17, 15) is 17.6 Å². The van der Waals surface area contributed by atoms with Crippen molar-refractivity contribution < 1.29 is 22.3 Å². The molecule has 1 heterocycles. The molecule has 0 spiro atoms. The monoisotopic (exact) mass is 420 g/mol. The second-order valence-corrected chi connectivity index (χ2v) is 9.15. The van der Waals surface area contributed by atoms with E-state index in [0.29, 0.717) is 13.2 Å². The van der Waals surface area contributed by atoms with Crippen LogP contribution in [0.5, 0.6) is 0 Å². The fourth-order valence-corrected chi connectivity index (χ4v) is 4.79. The highest BCUT2D eigenvalue weighted by molar-refractivity contribution is 7.89. The highest BCUT2D eigenvalue weighted by Gasteiger charge is 2.28. The van der Waals surface area contributed by atoms with Crippen LogP contribution >= 0.6 is 0 Å². The molecule has 8 heteroatoms. The number of hydrogen-bond acceptors (Lipinski definition) is 4. The van der Waals surface area contributed by atoms with Crippen molar-refractivity contribution in [3.63, 3.8) is 0 Å². The molecule has 29 heavy (non-hydrogen) atoms. The van der Waals surface area contributed by atoms with E-state index in [0.717, 1.165) is 28.8 Å². The maximum atomic E-state index is 14.4. The maximum Gasteiger partial charge on any atom is 0.254 e. The number of benzene rings is 2. The fourth-order valence-electron chi connectivity index (χ4n) is 3.35. The molecule has 0 saturated carbocycles. The molecule has 1 fully saturated rings. The van der Waals surface area contributed by atoms with Gasteiger partial charge in [0.15, 0.2) is 0 Å². The van der Waals surface area contributed by atoms with Gasteiger partial charge in [0.2, 0.25) is 10.0 Å². The average Bonchev–Trinajstić information content (AvgIpc) is 2.70. The number of carbonyl (C=O) groups is 1. The molecule has 1 atom stereocenters. The van der Waals surface area contributed by atoms with Gasteiger partial charge >= 0.3 is 0 Å². The zero-order valence-corrected chi connectivity index (χ0v) is 17.6. The van der Waals surface area contributed by atoms with Crippen molar-refractivity contribution in [3.05, 3.63) is 64.5 Å². The predicted octanol–water partition coefficient (Wildman–Crippen LogP) is 2.95. The molecule has 156 valence electrons. The Morgan fingerprint density at radius 1 is 1.14 bits per heavy atom. The Morgan fingerprint density at radius 2 is 1.83 bits per heavy atom. The maximum absolute atomic E-state index is 14.4. The number of morpholine rings is 1. The van der Waals surface area contributed by atoms with Gasteiger partial charge in [0.05, 0.1) is 29.7 Å². The third-order valence-electron chi connectivity index (χ3n) is 5.04. The van der Waals surface area contributed by atoms with Gasteiger partial charge in [0.1, 0.15) is 5.82 Å². The zero-order chi connectivity index (χ0) is 21.2. The topological polar surface area (TPSA) is 75.7 Å². The number of nitrogens with one attached hydrogen (secondary N) is 1. The lowest BCUT2D eigenvalue weighted by Gasteiger charge is -2.26. The quantitative estimate of drug-likeness (QED) is 0.807. The summed E-state index contributed by atoms with van der Waals surface area (Å²) in [5, 5.41) is 2.77. The van der Waals surface area contributed by atoms with Crippen LogP contribution in [0.15, 0.2) is 41.3 Å². The molecule has 1 amide bonds. The molecule has 1 saturated heterocycles. The molecule has 1 unspecified atom stereocenters. The summed E-state index contributed by atoms with van der Waals surface area (Å²) in [6.07, 6.45) is 0. The first-order valence-corrected chi connectivity index (χ1v) is 10.9. The summed E-state index contributed by atoms with van der Waals surface area (Å²) in [4.78, 5) is 12.6. The average molecular weight is 421 g/mol. The Balaban J connectivity index is 1.85. The Hall–Kier alpha value is -2.29. The van der Waals surface area contributed by atoms with Crippen molar-refractivity contribution >= 4 is 15.9 Å². The summed E-state index contributed by atoms with van der Waals surface area (Å²) in [6, 6.07) is 8.86. The van der Waals surface area contributed by atoms with Crippen molar-refractivity contribution in [2.75, 3.05) is 26.3 Å². The highest BCUT2D eigenvalue weighted by atomic mass is 32.2. The standard InChI is InChI=1S/C21H25FN2O4S/c1-14-4-5-15(2)18(12-14)16(3)23-21(25)19-13-17(6-7-20(19)22)29(26,27)24-8-10-28-11-9-24/h4-7,12-13,16H,8-11H2,1-3H3,(H,23,25). The molecule has 0 radical (unpaired) electrons. The third-order valence-corrected chi connectivity index (χ3v) is 6.93. The molecule has 1 aliphatic rings. The van der Waals surface area contributed by atoms with Gasteiger partial charge in [-0.1, -0.05) is 23.8 Å². The van der Waals surface area contributed by atoms with Crippen LogP contribution in [0.2, 0.25) is 0 Å². The van der Waals surface area contributed by atoms with Gasteiger partial charge < -0.3 is 10.1 Å². The van der Waals surface area contributed by atoms with Crippen molar-refractivity contribution in [2.24, 2.45) is 0 Å². The summed E-state index contributed by atoms with van der Waals surface area (Å²) in [7, 11) is -3.82. The summed E-state index contributed by atoms with van der Waals surface area (Å²) < 4.78 is 46.5. The first-order chi connectivity index (χ1) is 13.7. The van der Waals surface area contributed by atoms with Crippen LogP contribution < -0.4 is 5.32 Å². The predicted molar refractivity (Wildman–Crippen MR) is 108 cm³/mol. The largest absolute Gasteiger partial charge is 0.379 e. The van der Waals surface area contributed by atoms with Crippen LogP contribution in [0, 0.1) is 19.7 Å². The van der Waals surface area contributed by atoms with Crippen molar-refractivity contribution in [1.29, 1.82) is 0 Å². The number of halogens is 1. The SMILES string of the molecule is Cc1ccc(C)c(C(C)NC(=O)c2cc(S(=O)(=O)N3CCOCC3)ccc2F)c1. The van der Waals surface area contributed by atoms with Crippen LogP contribution in [-0.2, 0) is 14.8 Å². The number of sulfonamides is 1. The molecule has 1 aliphatic heterocycles. The van der Waals surface area contributed by atoms with E-state index < -0.39 is 21.7 Å². The highest BCUT2D eigenvalue weighted by Crippen LogP contribution is 2.23. The van der Waals surface area contributed by atoms with Gasteiger partial charge in [-0.05, 0) is 50.1 Å². The minimum absolute atomic E-state index is 0.106. The van der Waals surface area contributed by atoms with Crippen LogP contribution in [-0.4, -0.2) is 44.9 Å². The molecule has 1 N–H and O–H groups in total. The number of aryl methyl sites for hydroxylation is 2. The number of ether oxygens (including phenoxy) is 1. The van der Waals surface area contributed by atoms with Gasteiger partial charge in [-0.25, -0.2) is 12.8 Å². The van der Waals surface area contributed by atoms with Gasteiger partial charge in [-0.15, -0.1) is 0 Å². The van der Waals surface area contributed by atoms with Gasteiger partial charge in [-0.2, -0.15) is 4.31 Å². The molecule has 0 aliphatic carbocycles. The number of rotatable bonds is 5. The van der Waals surface area contributed by atoms with E-state index in [1.165, 1.54) is 10.4 Å². The Bertz CT molecular complexity index is 1020. The molecule has 3 rings (SSSR count). The number of amides is 1. The number of nitrogens with zero attached hydrogens (tertiary/aromatic N) is 1. The van der Waals surface area contributed by atoms with E-state index >= 15 is 0 Å². The lowest BCUT2D eigenvalue weighted by Crippen LogP contribution is -2.40. The van der Waals surface area contributed by atoms with Crippen LogP contribution in [0.25, 0.3) is 0 Å². The van der Waals surface area contributed by atoms with Gasteiger partial charge in [0.25, 0.3) is 5.91 Å². The molecule has 0 aromatic heterocycles. The summed E-state index contributed by atoms with van der Waals surface area (Å²) in [6.45, 7) is 6.77. The molecule has 2 aromatic rings. The van der Waals surface area contributed by atoms with Gasteiger partial charge in [-0.3, -0.25) is 4.79 Å². The van der Waals surface area contributed by atoms with Crippen LogP contribution in [0.3, 0.4) is 0 Å². The first kappa shape index (κ1) is 21.4. The van der Waals surface area contributed by atoms with Crippen molar-refractivity contribution in [1.82, 2.24) is 9.62 Å². The number of hydrogen-bond donors (Lipinski definition) is 1. The van der Waals surface area contributed by atoms with Crippen LogP contribution in [0.1, 0.15) is 40.0 Å². The zero-order valence-electron chi connectivity index (χ0n) is 16.7. The Labute approximate surface area is 170 Å². The third kappa shape index (κ3) is 4.66. The summed E-state index contributed by atoms with van der Waals surface area (Å²) in [5.41, 5.74) is 2.69. The van der Waals surface area contributed by atoms with E-state index in [4.69, 9.17) is 4.74 Å². The molecule has 6 nitrogen and oxygen atoms in total. The Kier molecular flexibility index (Phi) is 6.36. The van der Waals surface area contributed by atoms with E-state index in [1.807, 2.05) is 39.0 Å². The first-order valence-electron chi connectivity index (χ1n) is 9.45. The van der Waals surface area contributed by atoms with Gasteiger partial charge in [0, 0.05) is 13.1 Å². The normalized spacial score (nSPS) is 16.4. The fraction of sp³-hybridized carbons (Fsp3) is 0.381. The number of carbonyl (C=O) groups excluding carboxylic acids is 1. The lowest BCUT2D eigenvalue weighted by molar-refractivity contribution is 0.0730. The minimum atomic E-state index is -3.82. The lowest BCUT2D eigenvalue weighted by atomic mass is 9.99. The van der Waals surface area contributed by atoms with E-state index in [1.54, 1.807) is 0 Å². The molecular weight excluding hydrogens is 395 g/mol. The van der Waals surface area contributed by atoms with E-state index in [2.05, 4.69) is 5.32 Å². The second-order valence-electron chi connectivity index (χ2n) is 7.21. The Morgan fingerprint density at radius 3 is 2.52 bits per heavy atom. The molecule has 0 bridgehead atoms. The summed E-state index contributed by atoms with van der Waals surface area (Å²) in [5.74, 6) is -1.42. The summed E-state index contributed by atoms with van der Waals surface area (Å²) >= 11 is 0. The minimum Gasteiger partial charge on any atom is -0.379 e. The van der Waals surface area contributed by atoms with Crippen molar-refractivity contribution in [3.8, 4) is 0 Å². The van der Waals surface area contributed by atoms with Crippen molar-refractivity contribution in [2.45, 2.75) is 31.7 Å². The van der Waals surface area contributed by atoms with Crippen LogP contribution in [0.4, 0.5) is 4.39 Å².